The third-order valence-electron chi connectivity index (χ3n) is 7.97. The van der Waals surface area contributed by atoms with Gasteiger partial charge in [0, 0.05) is 36.4 Å². The van der Waals surface area contributed by atoms with Gasteiger partial charge in [0.15, 0.2) is 0 Å². The molecule has 0 radical (unpaired) electrons. The van der Waals surface area contributed by atoms with Gasteiger partial charge < -0.3 is 21.1 Å². The maximum Gasteiger partial charge on any atom is 0.251 e. The molecule has 4 N–H and O–H groups in total. The highest BCUT2D eigenvalue weighted by molar-refractivity contribution is 7.92. The summed E-state index contributed by atoms with van der Waals surface area (Å²) in [7, 11) is -3.43. The van der Waals surface area contributed by atoms with Gasteiger partial charge >= 0.3 is 0 Å². The number of nitrogens with one attached hydrogen (secondary N) is 3. The van der Waals surface area contributed by atoms with E-state index in [0.29, 0.717) is 49.4 Å². The van der Waals surface area contributed by atoms with Gasteiger partial charge in [-0.25, -0.2) is 8.42 Å². The lowest BCUT2D eigenvalue weighted by atomic mass is 9.83. The van der Waals surface area contributed by atoms with Crippen molar-refractivity contribution in [2.75, 3.05) is 35.0 Å². The summed E-state index contributed by atoms with van der Waals surface area (Å²) in [6.45, 7) is 5.58. The molecule has 0 bridgehead atoms. The Labute approximate surface area is 245 Å². The number of hydrogen-bond acceptors (Lipinski definition) is 6. The van der Waals surface area contributed by atoms with E-state index in [0.717, 1.165) is 24.8 Å². The van der Waals surface area contributed by atoms with Crippen molar-refractivity contribution in [1.29, 1.82) is 0 Å². The third-order valence-corrected chi connectivity index (χ3v) is 9.84. The number of nitrogens with zero attached hydrogens (tertiary/aromatic N) is 1. The van der Waals surface area contributed by atoms with Crippen molar-refractivity contribution in [1.82, 2.24) is 10.6 Å². The number of aliphatic hydroxyl groups excluding tert-OH is 1. The molecule has 2 aliphatic rings. The minimum absolute atomic E-state index is 0. The Morgan fingerprint density at radius 1 is 1.05 bits per heavy atom. The summed E-state index contributed by atoms with van der Waals surface area (Å²) in [6.07, 6.45) is 6.87. The molecule has 4 rings (SSSR count). The molecule has 0 unspecified atom stereocenters. The minimum atomic E-state index is -3.43. The number of anilines is 2. The Kier molecular flexibility index (Phi) is 11.7. The Hall–Kier alpha value is -2.33. The van der Waals surface area contributed by atoms with Crippen LogP contribution in [0.3, 0.4) is 0 Å². The molecule has 2 fully saturated rings. The summed E-state index contributed by atoms with van der Waals surface area (Å²) in [6, 6.07) is 14.5. The van der Waals surface area contributed by atoms with Crippen LogP contribution < -0.4 is 20.3 Å². The number of amides is 1. The molecule has 40 heavy (non-hydrogen) atoms. The molecule has 1 aliphatic carbocycles. The second-order valence-electron chi connectivity index (χ2n) is 11.2. The van der Waals surface area contributed by atoms with Crippen LogP contribution in [-0.4, -0.2) is 62.5 Å². The highest BCUT2D eigenvalue weighted by Gasteiger charge is 2.30. The van der Waals surface area contributed by atoms with Crippen LogP contribution in [0.1, 0.15) is 74.7 Å². The summed E-state index contributed by atoms with van der Waals surface area (Å²) >= 11 is 0. The lowest BCUT2D eigenvalue weighted by Crippen LogP contribution is -2.53. The first-order chi connectivity index (χ1) is 18.7. The van der Waals surface area contributed by atoms with Gasteiger partial charge in [0.25, 0.3) is 5.91 Å². The van der Waals surface area contributed by atoms with Crippen molar-refractivity contribution in [3.05, 3.63) is 59.7 Å². The molecule has 8 nitrogen and oxygen atoms in total. The fourth-order valence-corrected chi connectivity index (χ4v) is 7.30. The van der Waals surface area contributed by atoms with E-state index in [1.165, 1.54) is 23.6 Å². The Morgan fingerprint density at radius 2 is 1.77 bits per heavy atom. The van der Waals surface area contributed by atoms with E-state index in [-0.39, 0.29) is 29.6 Å². The molecule has 10 heteroatoms. The molecule has 1 saturated carbocycles. The van der Waals surface area contributed by atoms with Crippen LogP contribution in [0.4, 0.5) is 11.4 Å². The predicted octanol–water partition coefficient (Wildman–Crippen LogP) is 4.48. The van der Waals surface area contributed by atoms with Gasteiger partial charge in [0.2, 0.25) is 10.0 Å². The fraction of sp³-hybridized carbons (Fsp3) is 0.567. The highest BCUT2D eigenvalue weighted by Crippen LogP contribution is 2.29. The Balaban J connectivity index is 0.00000441. The molecule has 2 aromatic rings. The normalized spacial score (nSPS) is 19.6. The number of aliphatic hydroxyl groups is 1. The number of rotatable bonds is 11. The second-order valence-corrected chi connectivity index (χ2v) is 13.2. The first-order valence-corrected chi connectivity index (χ1v) is 16.0. The van der Waals surface area contributed by atoms with Crippen LogP contribution in [0, 0.1) is 0 Å². The van der Waals surface area contributed by atoms with Gasteiger partial charge in [-0.3, -0.25) is 9.10 Å². The number of carbonyl (C=O) groups excluding carboxylic acids is 1. The smallest absolute Gasteiger partial charge is 0.251 e. The maximum absolute atomic E-state index is 13.6. The molecular formula is C30H45ClN4O4S. The van der Waals surface area contributed by atoms with Gasteiger partial charge in [-0.15, -0.1) is 12.4 Å². The summed E-state index contributed by atoms with van der Waals surface area (Å²) in [4.78, 5) is 13.6. The zero-order valence-corrected chi connectivity index (χ0v) is 25.3. The molecule has 1 amide bonds. The van der Waals surface area contributed by atoms with Crippen LogP contribution in [0.2, 0.25) is 0 Å². The third kappa shape index (κ3) is 8.59. The van der Waals surface area contributed by atoms with E-state index >= 15 is 0 Å². The summed E-state index contributed by atoms with van der Waals surface area (Å²) in [5.41, 5.74) is 2.56. The molecular weight excluding hydrogens is 548 g/mol. The summed E-state index contributed by atoms with van der Waals surface area (Å²) in [5.74, 6) is -0.230. The number of sulfonamides is 1. The summed E-state index contributed by atoms with van der Waals surface area (Å²) < 4.78 is 27.0. The van der Waals surface area contributed by atoms with Gasteiger partial charge in [-0.05, 0) is 69.7 Å². The number of benzene rings is 2. The average molecular weight is 593 g/mol. The van der Waals surface area contributed by atoms with E-state index in [4.69, 9.17) is 0 Å². The van der Waals surface area contributed by atoms with E-state index in [9.17, 15) is 18.3 Å². The van der Waals surface area contributed by atoms with Crippen LogP contribution in [-0.2, 0) is 16.4 Å². The summed E-state index contributed by atoms with van der Waals surface area (Å²) in [5, 5.41) is 21.2. The second kappa shape index (κ2) is 14.5. The van der Waals surface area contributed by atoms with Crippen molar-refractivity contribution in [3.63, 3.8) is 0 Å². The van der Waals surface area contributed by atoms with Crippen molar-refractivity contribution < 1.29 is 18.3 Å². The molecule has 2 aromatic carbocycles. The van der Waals surface area contributed by atoms with Gasteiger partial charge in [0.05, 0.1) is 23.6 Å². The molecule has 0 spiro atoms. The van der Waals surface area contributed by atoms with Crippen LogP contribution >= 0.6 is 12.4 Å². The standard InChI is InChI=1S/C30H44N4O4S.ClH/c1-3-31-25-19-24(20-26(21-25)34-16-10-11-17-39(34,37)38)29(36)33-27(18-23-12-6-4-7-13-23)28(35)22-32-30(2)14-8-5-9-15-30;/h4,6-7,12-13,19-21,27-28,31-32,35H,3,5,8-11,14-18,22H2,1-2H3,(H,33,36);1H/t27-,28+;/m0./s1. The van der Waals surface area contributed by atoms with E-state index in [1.54, 1.807) is 18.2 Å². The number of carbonyl (C=O) groups is 1. The van der Waals surface area contributed by atoms with Crippen molar-refractivity contribution in [3.8, 4) is 0 Å². The average Bonchev–Trinajstić information content (AvgIpc) is 2.92. The molecule has 0 aromatic heterocycles. The highest BCUT2D eigenvalue weighted by atomic mass is 35.5. The van der Waals surface area contributed by atoms with Crippen molar-refractivity contribution in [2.24, 2.45) is 0 Å². The van der Waals surface area contributed by atoms with E-state index in [2.05, 4.69) is 22.9 Å². The maximum atomic E-state index is 13.6. The Bertz CT molecular complexity index is 1210. The lowest BCUT2D eigenvalue weighted by molar-refractivity contribution is 0.0799. The van der Waals surface area contributed by atoms with Crippen LogP contribution in [0.5, 0.6) is 0 Å². The van der Waals surface area contributed by atoms with Crippen LogP contribution in [0.15, 0.2) is 48.5 Å². The first kappa shape index (κ1) is 32.2. The number of halogens is 1. The molecule has 222 valence electrons. The molecule has 1 heterocycles. The molecule has 2 atom stereocenters. The van der Waals surface area contributed by atoms with Gasteiger partial charge in [0.1, 0.15) is 0 Å². The zero-order chi connectivity index (χ0) is 27.9. The van der Waals surface area contributed by atoms with E-state index < -0.39 is 22.2 Å². The Morgan fingerprint density at radius 3 is 2.45 bits per heavy atom. The zero-order valence-electron chi connectivity index (χ0n) is 23.7. The largest absolute Gasteiger partial charge is 0.390 e. The quantitative estimate of drug-likeness (QED) is 0.306. The van der Waals surface area contributed by atoms with Crippen molar-refractivity contribution >= 4 is 39.7 Å². The number of hydrogen-bond donors (Lipinski definition) is 4. The monoisotopic (exact) mass is 592 g/mol. The predicted molar refractivity (Wildman–Crippen MR) is 165 cm³/mol. The van der Waals surface area contributed by atoms with Crippen molar-refractivity contribution in [2.45, 2.75) is 82.9 Å². The topological polar surface area (TPSA) is 111 Å². The number of β-amino-alcohol motifs (C(OH)–C–C–N with tert-alkyl or cyclic N) is 1. The minimum Gasteiger partial charge on any atom is -0.390 e. The van der Waals surface area contributed by atoms with E-state index in [1.807, 2.05) is 37.3 Å². The van der Waals surface area contributed by atoms with Gasteiger partial charge in [-0.1, -0.05) is 49.6 Å². The van der Waals surface area contributed by atoms with Gasteiger partial charge in [-0.2, -0.15) is 0 Å². The fourth-order valence-electron chi connectivity index (χ4n) is 5.68. The molecule has 1 saturated heterocycles. The van der Waals surface area contributed by atoms with Crippen LogP contribution in [0.25, 0.3) is 0 Å². The first-order valence-electron chi connectivity index (χ1n) is 14.4. The SMILES string of the molecule is CCNc1cc(C(=O)N[C@@H](Cc2ccccc2)[C@H](O)CNC2(C)CCCCC2)cc(N2CCCCS2(=O)=O)c1.Cl. The lowest BCUT2D eigenvalue weighted by Gasteiger charge is -2.36. The molecule has 1 aliphatic heterocycles.